The summed E-state index contributed by atoms with van der Waals surface area (Å²) in [6.45, 7) is 1.21. The molecule has 2 fully saturated rings. The quantitative estimate of drug-likeness (QED) is 0.405. The number of carbonyl (C=O) groups is 2. The number of esters is 1. The summed E-state index contributed by atoms with van der Waals surface area (Å²) in [4.78, 5) is 28.9. The van der Waals surface area contributed by atoms with E-state index in [-0.39, 0.29) is 31.0 Å². The molecule has 26 heavy (non-hydrogen) atoms. The van der Waals surface area contributed by atoms with Crippen LogP contribution in [0.25, 0.3) is 0 Å². The van der Waals surface area contributed by atoms with E-state index in [4.69, 9.17) is 20.0 Å². The van der Waals surface area contributed by atoms with Crippen molar-refractivity contribution in [2.75, 3.05) is 18.2 Å². The summed E-state index contributed by atoms with van der Waals surface area (Å²) in [6.07, 6.45) is -0.991. The van der Waals surface area contributed by atoms with Gasteiger partial charge in [0.15, 0.2) is 0 Å². The maximum absolute atomic E-state index is 11.8. The van der Waals surface area contributed by atoms with Crippen molar-refractivity contribution in [2.24, 2.45) is 5.73 Å². The zero-order chi connectivity index (χ0) is 18.6. The molecular formula is C16H19N3O7. The number of ether oxygens (including phenoxy) is 2. The number of benzene rings is 1. The highest BCUT2D eigenvalue weighted by Gasteiger charge is 2.68. The fraction of sp³-hybridized carbons (Fsp3) is 0.500. The molecule has 1 amide bonds. The van der Waals surface area contributed by atoms with Crippen LogP contribution in [-0.4, -0.2) is 53.3 Å². The monoisotopic (exact) mass is 365 g/mol. The molecule has 3 aliphatic rings. The Morgan fingerprint density at radius 2 is 2.27 bits per heavy atom. The molecule has 10 heteroatoms. The molecule has 5 N–H and O–H groups in total. The second-order valence-electron chi connectivity index (χ2n) is 6.61. The van der Waals surface area contributed by atoms with Crippen molar-refractivity contribution in [3.63, 3.8) is 0 Å². The smallest absolute Gasteiger partial charge is 0.404 e. The van der Waals surface area contributed by atoms with Crippen molar-refractivity contribution < 1.29 is 34.1 Å². The standard InChI is InChI=1S/C16H19N3O7/c1-7(21)25-16-9(6-24-15(17)23)13-11(2-8(5-20)3-12(13)22)19(26-16)4-10-14(16)18-10/h2-3,9-10,14,18,20,22H,4-6H2,1H3,(H2,17,23)/t9-,10-,14-,16-/m1/s1. The van der Waals surface area contributed by atoms with Crippen molar-refractivity contribution in [1.82, 2.24) is 5.32 Å². The van der Waals surface area contributed by atoms with E-state index in [1.807, 2.05) is 0 Å². The van der Waals surface area contributed by atoms with E-state index in [9.17, 15) is 19.8 Å². The summed E-state index contributed by atoms with van der Waals surface area (Å²) in [7, 11) is 0. The van der Waals surface area contributed by atoms with Crippen LogP contribution in [0.15, 0.2) is 12.1 Å². The van der Waals surface area contributed by atoms with Gasteiger partial charge in [0.05, 0.1) is 30.8 Å². The molecule has 0 aromatic heterocycles. The molecule has 0 spiro atoms. The molecule has 140 valence electrons. The van der Waals surface area contributed by atoms with E-state index in [2.05, 4.69) is 5.32 Å². The predicted octanol–water partition coefficient (Wildman–Crippen LogP) is -0.572. The number of phenolic OH excluding ortho intramolecular Hbond substituents is 1. The number of anilines is 1. The lowest BCUT2D eigenvalue weighted by atomic mass is 9.82. The Hall–Kier alpha value is -2.56. The van der Waals surface area contributed by atoms with Gasteiger partial charge in [-0.05, 0) is 17.7 Å². The number of aliphatic hydroxyl groups is 1. The summed E-state index contributed by atoms with van der Waals surface area (Å²) in [5.74, 6) is -2.97. The first-order valence-electron chi connectivity index (χ1n) is 8.17. The molecule has 1 aromatic rings. The second kappa shape index (κ2) is 5.73. The number of nitrogens with one attached hydrogen (secondary N) is 1. The molecule has 0 saturated carbocycles. The normalized spacial score (nSPS) is 30.8. The van der Waals surface area contributed by atoms with Gasteiger partial charge in [0.25, 0.3) is 5.79 Å². The number of hydroxylamine groups is 1. The number of carbonyl (C=O) groups excluding carboxylic acids is 2. The molecule has 0 unspecified atom stereocenters. The number of nitrogens with two attached hydrogens (primary N) is 1. The Morgan fingerprint density at radius 3 is 2.92 bits per heavy atom. The van der Waals surface area contributed by atoms with Gasteiger partial charge in [-0.15, -0.1) is 0 Å². The van der Waals surface area contributed by atoms with Gasteiger partial charge in [-0.1, -0.05) is 0 Å². The van der Waals surface area contributed by atoms with Crippen molar-refractivity contribution in [1.29, 1.82) is 0 Å². The van der Waals surface area contributed by atoms with E-state index < -0.39 is 23.8 Å². The van der Waals surface area contributed by atoms with Gasteiger partial charge in [0.2, 0.25) is 0 Å². The minimum Gasteiger partial charge on any atom is -0.508 e. The molecule has 2 saturated heterocycles. The Kier molecular flexibility index (Phi) is 3.72. The van der Waals surface area contributed by atoms with Crippen LogP contribution in [0, 0.1) is 0 Å². The SMILES string of the molecule is CC(=O)O[C@]12ON(C[C@H]3N[C@H]31)c1cc(CO)cc(O)c1[C@H]2COC(N)=O. The van der Waals surface area contributed by atoms with Gasteiger partial charge in [0, 0.05) is 18.5 Å². The molecule has 10 nitrogen and oxygen atoms in total. The molecule has 0 aliphatic carbocycles. The molecule has 4 rings (SSSR count). The first-order chi connectivity index (χ1) is 12.4. The average Bonchev–Trinajstić information content (AvgIpc) is 3.34. The molecular weight excluding hydrogens is 346 g/mol. The van der Waals surface area contributed by atoms with Gasteiger partial charge >= 0.3 is 12.1 Å². The Bertz CT molecular complexity index is 785. The number of nitrogens with zero attached hydrogens (tertiary/aromatic N) is 1. The minimum atomic E-state index is -1.48. The first kappa shape index (κ1) is 16.9. The number of primary amides is 1. The Balaban J connectivity index is 1.86. The maximum atomic E-state index is 11.8. The Morgan fingerprint density at radius 1 is 1.50 bits per heavy atom. The minimum absolute atomic E-state index is 0.00672. The van der Waals surface area contributed by atoms with Crippen LogP contribution in [0.2, 0.25) is 0 Å². The highest BCUT2D eigenvalue weighted by molar-refractivity contribution is 5.70. The second-order valence-corrected chi connectivity index (χ2v) is 6.61. The fourth-order valence-corrected chi connectivity index (χ4v) is 3.88. The third kappa shape index (κ3) is 2.45. The van der Waals surface area contributed by atoms with Gasteiger partial charge < -0.3 is 30.7 Å². The third-order valence-electron chi connectivity index (χ3n) is 4.91. The number of hydrogen-bond donors (Lipinski definition) is 4. The maximum Gasteiger partial charge on any atom is 0.404 e. The molecule has 4 atom stereocenters. The number of aliphatic hydroxyl groups excluding tert-OH is 1. The molecule has 2 bridgehead atoms. The van der Waals surface area contributed by atoms with E-state index in [0.29, 0.717) is 23.4 Å². The largest absolute Gasteiger partial charge is 0.508 e. The lowest BCUT2D eigenvalue weighted by molar-refractivity contribution is -0.263. The predicted molar refractivity (Wildman–Crippen MR) is 85.9 cm³/mol. The van der Waals surface area contributed by atoms with Crippen LogP contribution >= 0.6 is 0 Å². The summed E-state index contributed by atoms with van der Waals surface area (Å²) in [6, 6.07) is 2.78. The van der Waals surface area contributed by atoms with Gasteiger partial charge in [-0.25, -0.2) is 14.7 Å². The van der Waals surface area contributed by atoms with E-state index in [1.54, 1.807) is 6.07 Å². The van der Waals surface area contributed by atoms with Gasteiger partial charge in [-0.2, -0.15) is 0 Å². The number of aromatic hydroxyl groups is 1. The number of hydrogen-bond acceptors (Lipinski definition) is 9. The van der Waals surface area contributed by atoms with Crippen molar-refractivity contribution in [3.05, 3.63) is 23.3 Å². The van der Waals surface area contributed by atoms with Gasteiger partial charge in [0.1, 0.15) is 12.4 Å². The summed E-state index contributed by atoms with van der Waals surface area (Å²) < 4.78 is 10.5. The van der Waals surface area contributed by atoms with Crippen LogP contribution in [0.3, 0.4) is 0 Å². The first-order valence-corrected chi connectivity index (χ1v) is 8.17. The van der Waals surface area contributed by atoms with Crippen molar-refractivity contribution in [3.8, 4) is 5.75 Å². The molecule has 1 aromatic carbocycles. The fourth-order valence-electron chi connectivity index (χ4n) is 3.88. The number of fused-ring (bicyclic) bond motifs is 6. The summed E-state index contributed by atoms with van der Waals surface area (Å²) in [5, 5.41) is 24.7. The van der Waals surface area contributed by atoms with E-state index in [1.165, 1.54) is 18.1 Å². The zero-order valence-corrected chi connectivity index (χ0v) is 14.0. The topological polar surface area (TPSA) is 153 Å². The third-order valence-corrected chi connectivity index (χ3v) is 4.91. The lowest BCUT2D eigenvalue weighted by Crippen LogP contribution is -2.61. The van der Waals surface area contributed by atoms with E-state index >= 15 is 0 Å². The van der Waals surface area contributed by atoms with E-state index in [0.717, 1.165) is 0 Å². The van der Waals surface area contributed by atoms with Crippen LogP contribution in [-0.2, 0) is 25.7 Å². The summed E-state index contributed by atoms with van der Waals surface area (Å²) >= 11 is 0. The van der Waals surface area contributed by atoms with Crippen molar-refractivity contribution in [2.45, 2.75) is 37.3 Å². The molecule has 3 aliphatic heterocycles. The van der Waals surface area contributed by atoms with Crippen molar-refractivity contribution >= 4 is 17.7 Å². The highest BCUT2D eigenvalue weighted by Crippen LogP contribution is 2.54. The average molecular weight is 365 g/mol. The van der Waals surface area contributed by atoms with Crippen LogP contribution in [0.5, 0.6) is 5.75 Å². The van der Waals surface area contributed by atoms with Crippen LogP contribution in [0.1, 0.15) is 24.0 Å². The number of phenols is 1. The zero-order valence-electron chi connectivity index (χ0n) is 14.0. The number of rotatable bonds is 4. The summed E-state index contributed by atoms with van der Waals surface area (Å²) in [5.41, 5.74) is 6.51. The molecule has 0 radical (unpaired) electrons. The van der Waals surface area contributed by atoms with Crippen LogP contribution in [0.4, 0.5) is 10.5 Å². The lowest BCUT2D eigenvalue weighted by Gasteiger charge is -2.49. The molecule has 3 heterocycles. The van der Waals surface area contributed by atoms with Crippen LogP contribution < -0.4 is 16.1 Å². The highest BCUT2D eigenvalue weighted by atomic mass is 16.8. The van der Waals surface area contributed by atoms with Gasteiger partial charge in [-0.3, -0.25) is 4.79 Å². The Labute approximate surface area is 148 Å². The number of amides is 1.